The number of nitrogens with one attached hydrogen (secondary N) is 2. The fourth-order valence-corrected chi connectivity index (χ4v) is 1.95. The predicted octanol–water partition coefficient (Wildman–Crippen LogP) is 2.20. The molecule has 22 heavy (non-hydrogen) atoms. The average Bonchev–Trinajstić information content (AvgIpc) is 2.32. The second-order valence-corrected chi connectivity index (χ2v) is 7.00. The summed E-state index contributed by atoms with van der Waals surface area (Å²) in [6.45, 7) is 11.9. The molecule has 2 amide bonds. The Morgan fingerprint density at radius 1 is 1.23 bits per heavy atom. The van der Waals surface area contributed by atoms with E-state index in [-0.39, 0.29) is 18.2 Å². The van der Waals surface area contributed by atoms with Crippen molar-refractivity contribution in [3.8, 4) is 0 Å². The van der Waals surface area contributed by atoms with Crippen molar-refractivity contribution < 1.29 is 19.4 Å². The van der Waals surface area contributed by atoms with Crippen LogP contribution in [0.5, 0.6) is 0 Å². The van der Waals surface area contributed by atoms with Crippen LogP contribution in [-0.2, 0) is 9.53 Å². The highest BCUT2D eigenvalue weighted by atomic mass is 16.6. The number of rotatable bonds is 8. The standard InChI is InChI=1S/C16H32N2O4/c1-7-8-17-14(20)10-13(19)12(9-11(2)3)18-15(21)22-16(4,5)6/h11-13,19H,7-10H2,1-6H3,(H,17,20)(H,18,21)/t12-,13-/m0/s1. The molecule has 0 bridgehead atoms. The Labute approximate surface area is 134 Å². The normalized spacial score (nSPS) is 14.4. The van der Waals surface area contributed by atoms with Gasteiger partial charge in [-0.1, -0.05) is 20.8 Å². The molecule has 0 aliphatic rings. The van der Waals surface area contributed by atoms with E-state index in [9.17, 15) is 14.7 Å². The maximum Gasteiger partial charge on any atom is 0.407 e. The van der Waals surface area contributed by atoms with Crippen LogP contribution >= 0.6 is 0 Å². The molecule has 0 spiro atoms. The third-order valence-electron chi connectivity index (χ3n) is 2.86. The summed E-state index contributed by atoms with van der Waals surface area (Å²) in [4.78, 5) is 23.6. The molecule has 0 saturated heterocycles. The zero-order chi connectivity index (χ0) is 17.3. The van der Waals surface area contributed by atoms with Crippen LogP contribution in [0, 0.1) is 5.92 Å². The number of hydrogen-bond donors (Lipinski definition) is 3. The maximum absolute atomic E-state index is 11.9. The highest BCUT2D eigenvalue weighted by Crippen LogP contribution is 2.13. The minimum absolute atomic E-state index is 0.0345. The summed E-state index contributed by atoms with van der Waals surface area (Å²) in [6, 6.07) is -0.512. The van der Waals surface area contributed by atoms with Crippen LogP contribution in [0.3, 0.4) is 0 Å². The third kappa shape index (κ3) is 10.4. The van der Waals surface area contributed by atoms with E-state index in [2.05, 4.69) is 10.6 Å². The van der Waals surface area contributed by atoms with Crippen LogP contribution < -0.4 is 10.6 Å². The lowest BCUT2D eigenvalue weighted by molar-refractivity contribution is -0.123. The summed E-state index contributed by atoms with van der Waals surface area (Å²) in [7, 11) is 0. The van der Waals surface area contributed by atoms with Gasteiger partial charge in [0.1, 0.15) is 5.60 Å². The van der Waals surface area contributed by atoms with Gasteiger partial charge in [-0.3, -0.25) is 4.79 Å². The Morgan fingerprint density at radius 3 is 2.27 bits per heavy atom. The molecule has 3 N–H and O–H groups in total. The Hall–Kier alpha value is -1.30. The van der Waals surface area contributed by atoms with Crippen molar-refractivity contribution >= 4 is 12.0 Å². The molecule has 0 aromatic rings. The first kappa shape index (κ1) is 20.7. The van der Waals surface area contributed by atoms with Crippen LogP contribution in [0.15, 0.2) is 0 Å². The van der Waals surface area contributed by atoms with E-state index >= 15 is 0 Å². The largest absolute Gasteiger partial charge is 0.444 e. The first-order valence-corrected chi connectivity index (χ1v) is 7.99. The van der Waals surface area contributed by atoms with E-state index in [1.807, 2.05) is 20.8 Å². The molecular formula is C16H32N2O4. The minimum atomic E-state index is -0.938. The number of amides is 2. The number of hydrogen-bond acceptors (Lipinski definition) is 4. The van der Waals surface area contributed by atoms with Crippen LogP contribution in [0.1, 0.15) is 60.8 Å². The lowest BCUT2D eigenvalue weighted by Crippen LogP contribution is -2.47. The SMILES string of the molecule is CCCNC(=O)C[C@H](O)[C@H](CC(C)C)NC(=O)OC(C)(C)C. The molecule has 0 unspecified atom stereocenters. The topological polar surface area (TPSA) is 87.7 Å². The van der Waals surface area contributed by atoms with Crippen molar-refractivity contribution in [1.29, 1.82) is 0 Å². The lowest BCUT2D eigenvalue weighted by atomic mass is 9.97. The van der Waals surface area contributed by atoms with Gasteiger partial charge < -0.3 is 20.5 Å². The van der Waals surface area contributed by atoms with Crippen LogP contribution in [0.25, 0.3) is 0 Å². The molecule has 130 valence electrons. The van der Waals surface area contributed by atoms with Crippen LogP contribution in [0.4, 0.5) is 4.79 Å². The molecule has 0 aliphatic carbocycles. The monoisotopic (exact) mass is 316 g/mol. The molecule has 0 heterocycles. The van der Waals surface area contributed by atoms with Crippen molar-refractivity contribution in [1.82, 2.24) is 10.6 Å². The van der Waals surface area contributed by atoms with Gasteiger partial charge in [-0.25, -0.2) is 4.79 Å². The summed E-state index contributed by atoms with van der Waals surface area (Å²) >= 11 is 0. The van der Waals surface area contributed by atoms with Gasteiger partial charge in [0, 0.05) is 6.54 Å². The third-order valence-corrected chi connectivity index (χ3v) is 2.86. The number of alkyl carbamates (subject to hydrolysis) is 1. The summed E-state index contributed by atoms with van der Waals surface area (Å²) in [5.74, 6) is 0.0578. The lowest BCUT2D eigenvalue weighted by Gasteiger charge is -2.27. The van der Waals surface area contributed by atoms with Gasteiger partial charge in [0.15, 0.2) is 0 Å². The average molecular weight is 316 g/mol. The molecule has 6 heteroatoms. The van der Waals surface area contributed by atoms with Crippen molar-refractivity contribution in [3.05, 3.63) is 0 Å². The first-order valence-electron chi connectivity index (χ1n) is 7.99. The van der Waals surface area contributed by atoms with Gasteiger partial charge in [-0.2, -0.15) is 0 Å². The molecular weight excluding hydrogens is 284 g/mol. The van der Waals surface area contributed by atoms with Gasteiger partial charge in [-0.05, 0) is 39.5 Å². The number of aliphatic hydroxyl groups is 1. The highest BCUT2D eigenvalue weighted by molar-refractivity contribution is 5.76. The fraction of sp³-hybridized carbons (Fsp3) is 0.875. The number of aliphatic hydroxyl groups excluding tert-OH is 1. The zero-order valence-electron chi connectivity index (χ0n) is 14.7. The van der Waals surface area contributed by atoms with Gasteiger partial charge in [-0.15, -0.1) is 0 Å². The van der Waals surface area contributed by atoms with E-state index in [1.54, 1.807) is 20.8 Å². The Bertz CT molecular complexity index is 351. The Kier molecular flexibility index (Phi) is 9.09. The van der Waals surface area contributed by atoms with Gasteiger partial charge in [0.2, 0.25) is 5.91 Å². The molecule has 0 aromatic heterocycles. The summed E-state index contributed by atoms with van der Waals surface area (Å²) in [5.41, 5.74) is -0.601. The Balaban J connectivity index is 4.61. The summed E-state index contributed by atoms with van der Waals surface area (Å²) in [6.07, 6.45) is -0.139. The highest BCUT2D eigenvalue weighted by Gasteiger charge is 2.26. The quantitative estimate of drug-likeness (QED) is 0.640. The van der Waals surface area contributed by atoms with Gasteiger partial charge in [0.25, 0.3) is 0 Å². The molecule has 0 radical (unpaired) electrons. The number of ether oxygens (including phenoxy) is 1. The van der Waals surface area contributed by atoms with E-state index in [0.29, 0.717) is 13.0 Å². The number of carbonyl (C=O) groups excluding carboxylic acids is 2. The number of carbonyl (C=O) groups is 2. The van der Waals surface area contributed by atoms with Crippen molar-refractivity contribution in [3.63, 3.8) is 0 Å². The molecule has 0 fully saturated rings. The summed E-state index contributed by atoms with van der Waals surface area (Å²) < 4.78 is 5.21. The van der Waals surface area contributed by atoms with E-state index in [0.717, 1.165) is 6.42 Å². The van der Waals surface area contributed by atoms with Gasteiger partial charge in [0.05, 0.1) is 18.6 Å². The maximum atomic E-state index is 11.9. The zero-order valence-corrected chi connectivity index (χ0v) is 14.7. The van der Waals surface area contributed by atoms with Crippen LogP contribution in [0.2, 0.25) is 0 Å². The molecule has 0 aromatic carbocycles. The molecule has 6 nitrogen and oxygen atoms in total. The first-order chi connectivity index (χ1) is 10.0. The second-order valence-electron chi connectivity index (χ2n) is 7.00. The van der Waals surface area contributed by atoms with Gasteiger partial charge >= 0.3 is 6.09 Å². The van der Waals surface area contributed by atoms with E-state index < -0.39 is 23.8 Å². The molecule has 0 saturated carbocycles. The van der Waals surface area contributed by atoms with E-state index in [4.69, 9.17) is 4.74 Å². The van der Waals surface area contributed by atoms with Crippen molar-refractivity contribution in [2.75, 3.05) is 6.54 Å². The smallest absolute Gasteiger partial charge is 0.407 e. The summed E-state index contributed by atoms with van der Waals surface area (Å²) in [5, 5.41) is 15.6. The molecule has 2 atom stereocenters. The molecule has 0 aliphatic heterocycles. The Morgan fingerprint density at radius 2 is 1.82 bits per heavy atom. The molecule has 0 rings (SSSR count). The fourth-order valence-electron chi connectivity index (χ4n) is 1.95. The van der Waals surface area contributed by atoms with Crippen molar-refractivity contribution in [2.45, 2.75) is 78.6 Å². The predicted molar refractivity (Wildman–Crippen MR) is 86.5 cm³/mol. The second kappa shape index (κ2) is 9.66. The van der Waals surface area contributed by atoms with Crippen LogP contribution in [-0.4, -0.2) is 41.4 Å². The van der Waals surface area contributed by atoms with E-state index in [1.165, 1.54) is 0 Å². The van der Waals surface area contributed by atoms with Crippen molar-refractivity contribution in [2.24, 2.45) is 5.92 Å². The minimum Gasteiger partial charge on any atom is -0.444 e.